The van der Waals surface area contributed by atoms with Gasteiger partial charge in [0.1, 0.15) is 11.6 Å². The second kappa shape index (κ2) is 6.20. The van der Waals surface area contributed by atoms with Crippen molar-refractivity contribution in [2.75, 3.05) is 5.32 Å². The van der Waals surface area contributed by atoms with E-state index in [-0.39, 0.29) is 5.57 Å². The van der Waals surface area contributed by atoms with Gasteiger partial charge in [0, 0.05) is 35.4 Å². The van der Waals surface area contributed by atoms with Crippen LogP contribution in [0.2, 0.25) is 0 Å². The fourth-order valence-electron chi connectivity index (χ4n) is 2.51. The van der Waals surface area contributed by atoms with Gasteiger partial charge in [-0.3, -0.25) is 4.79 Å². The minimum atomic E-state index is -0.411. The molecule has 0 saturated heterocycles. The standard InChI is InChI=1S/C19H15N3O/c1-22-13-15(17-9-5-6-10-18(17)22)11-14(12-20)19(23)21-16-7-3-2-4-8-16/h2-11,13H,1H3,(H,21,23). The fourth-order valence-corrected chi connectivity index (χ4v) is 2.51. The topological polar surface area (TPSA) is 57.8 Å². The number of carbonyl (C=O) groups is 1. The smallest absolute Gasteiger partial charge is 0.266 e. The van der Waals surface area contributed by atoms with Crippen LogP contribution in [0.5, 0.6) is 0 Å². The predicted octanol–water partition coefficient (Wildman–Crippen LogP) is 3.72. The largest absolute Gasteiger partial charge is 0.350 e. The first-order chi connectivity index (χ1) is 11.2. The van der Waals surface area contributed by atoms with Gasteiger partial charge in [-0.05, 0) is 24.3 Å². The molecule has 1 aromatic heterocycles. The van der Waals surface area contributed by atoms with Crippen molar-refractivity contribution in [1.29, 1.82) is 5.26 Å². The lowest BCUT2D eigenvalue weighted by Gasteiger charge is -2.03. The lowest BCUT2D eigenvalue weighted by molar-refractivity contribution is -0.112. The molecular weight excluding hydrogens is 286 g/mol. The zero-order valence-corrected chi connectivity index (χ0v) is 12.7. The van der Waals surface area contributed by atoms with Gasteiger partial charge in [-0.1, -0.05) is 36.4 Å². The van der Waals surface area contributed by atoms with Crippen molar-refractivity contribution in [2.24, 2.45) is 7.05 Å². The molecule has 3 rings (SSSR count). The Hall–Kier alpha value is -3.32. The molecule has 0 radical (unpaired) electrons. The van der Waals surface area contributed by atoms with E-state index in [1.54, 1.807) is 18.2 Å². The lowest BCUT2D eigenvalue weighted by atomic mass is 10.1. The Labute approximate surface area is 134 Å². The first-order valence-electron chi connectivity index (χ1n) is 7.21. The third-order valence-electron chi connectivity index (χ3n) is 3.62. The molecule has 1 N–H and O–H groups in total. The summed E-state index contributed by atoms with van der Waals surface area (Å²) in [6.07, 6.45) is 3.54. The number of benzene rings is 2. The molecule has 4 nitrogen and oxygen atoms in total. The molecule has 4 heteroatoms. The van der Waals surface area contributed by atoms with Gasteiger partial charge in [-0.25, -0.2) is 0 Å². The Bertz CT molecular complexity index is 930. The van der Waals surface area contributed by atoms with E-state index in [0.717, 1.165) is 16.5 Å². The van der Waals surface area contributed by atoms with E-state index in [2.05, 4.69) is 5.32 Å². The summed E-state index contributed by atoms with van der Waals surface area (Å²) in [6.45, 7) is 0. The van der Waals surface area contributed by atoms with E-state index in [4.69, 9.17) is 0 Å². The summed E-state index contributed by atoms with van der Waals surface area (Å²) in [6, 6.07) is 19.0. The molecular formula is C19H15N3O. The number of hydrogen-bond donors (Lipinski definition) is 1. The molecule has 1 heterocycles. The molecule has 23 heavy (non-hydrogen) atoms. The summed E-state index contributed by atoms with van der Waals surface area (Å²) in [7, 11) is 1.94. The highest BCUT2D eigenvalue weighted by Gasteiger charge is 2.11. The van der Waals surface area contributed by atoms with E-state index < -0.39 is 5.91 Å². The number of nitrogens with one attached hydrogen (secondary N) is 1. The lowest BCUT2D eigenvalue weighted by Crippen LogP contribution is -2.13. The van der Waals surface area contributed by atoms with E-state index in [0.29, 0.717) is 5.69 Å². The van der Waals surface area contributed by atoms with Crippen molar-refractivity contribution < 1.29 is 4.79 Å². The maximum absolute atomic E-state index is 12.3. The molecule has 3 aromatic rings. The van der Waals surface area contributed by atoms with E-state index >= 15 is 0 Å². The third-order valence-corrected chi connectivity index (χ3v) is 3.62. The van der Waals surface area contributed by atoms with Gasteiger partial charge in [-0.15, -0.1) is 0 Å². The van der Waals surface area contributed by atoms with Gasteiger partial charge < -0.3 is 9.88 Å². The molecule has 0 aliphatic carbocycles. The SMILES string of the molecule is Cn1cc(C=C(C#N)C(=O)Nc2ccccc2)c2ccccc21. The first kappa shape index (κ1) is 14.6. The Balaban J connectivity index is 1.95. The first-order valence-corrected chi connectivity index (χ1v) is 7.21. The van der Waals surface area contributed by atoms with E-state index in [1.807, 2.05) is 66.3 Å². The second-order valence-corrected chi connectivity index (χ2v) is 5.20. The van der Waals surface area contributed by atoms with Crippen LogP contribution in [0.15, 0.2) is 66.4 Å². The summed E-state index contributed by atoms with van der Waals surface area (Å²) in [5.74, 6) is -0.411. The zero-order valence-electron chi connectivity index (χ0n) is 12.7. The van der Waals surface area contributed by atoms with Crippen molar-refractivity contribution in [2.45, 2.75) is 0 Å². The molecule has 2 aromatic carbocycles. The molecule has 112 valence electrons. The molecule has 0 fully saturated rings. The Morgan fingerprint density at radius 1 is 1.13 bits per heavy atom. The number of anilines is 1. The summed E-state index contributed by atoms with van der Waals surface area (Å²) in [5, 5.41) is 13.1. The number of nitrogens with zero attached hydrogens (tertiary/aromatic N) is 2. The van der Waals surface area contributed by atoms with Gasteiger partial charge in [0.25, 0.3) is 5.91 Å². The minimum Gasteiger partial charge on any atom is -0.350 e. The molecule has 0 bridgehead atoms. The van der Waals surface area contributed by atoms with Crippen molar-refractivity contribution >= 4 is 28.6 Å². The van der Waals surface area contributed by atoms with Gasteiger partial charge in [0.05, 0.1) is 0 Å². The number of amides is 1. The van der Waals surface area contributed by atoms with Crippen molar-refractivity contribution in [3.63, 3.8) is 0 Å². The van der Waals surface area contributed by atoms with E-state index in [9.17, 15) is 10.1 Å². The summed E-state index contributed by atoms with van der Waals surface area (Å²) in [4.78, 5) is 12.3. The van der Waals surface area contributed by atoms with Crippen molar-refractivity contribution in [3.8, 4) is 6.07 Å². The maximum Gasteiger partial charge on any atom is 0.266 e. The number of carbonyl (C=O) groups excluding carboxylic acids is 1. The summed E-state index contributed by atoms with van der Waals surface area (Å²) in [5.41, 5.74) is 2.64. The number of aryl methyl sites for hydroxylation is 1. The number of hydrogen-bond acceptors (Lipinski definition) is 2. The number of para-hydroxylation sites is 2. The maximum atomic E-state index is 12.3. The monoisotopic (exact) mass is 301 g/mol. The highest BCUT2D eigenvalue weighted by molar-refractivity contribution is 6.10. The van der Waals surface area contributed by atoms with Crippen LogP contribution in [-0.4, -0.2) is 10.5 Å². The van der Waals surface area contributed by atoms with Crippen LogP contribution < -0.4 is 5.32 Å². The Morgan fingerprint density at radius 2 is 1.83 bits per heavy atom. The Morgan fingerprint density at radius 3 is 2.57 bits per heavy atom. The Kier molecular flexibility index (Phi) is 3.94. The van der Waals surface area contributed by atoms with Gasteiger partial charge in [0.2, 0.25) is 0 Å². The third kappa shape index (κ3) is 2.99. The van der Waals surface area contributed by atoms with Crippen LogP contribution in [0, 0.1) is 11.3 Å². The average Bonchev–Trinajstić information content (AvgIpc) is 2.90. The van der Waals surface area contributed by atoms with Gasteiger partial charge in [-0.2, -0.15) is 5.26 Å². The van der Waals surface area contributed by atoms with Crippen molar-refractivity contribution in [3.05, 3.63) is 71.9 Å². The van der Waals surface area contributed by atoms with Crippen molar-refractivity contribution in [1.82, 2.24) is 4.57 Å². The number of nitriles is 1. The zero-order chi connectivity index (χ0) is 16.2. The summed E-state index contributed by atoms with van der Waals surface area (Å²) < 4.78 is 1.98. The van der Waals surface area contributed by atoms with Crippen LogP contribution in [0.25, 0.3) is 17.0 Å². The number of aromatic nitrogens is 1. The quantitative estimate of drug-likeness (QED) is 0.592. The van der Waals surface area contributed by atoms with Crippen LogP contribution in [0.3, 0.4) is 0 Å². The normalized spacial score (nSPS) is 11.2. The molecule has 0 saturated carbocycles. The van der Waals surface area contributed by atoms with Gasteiger partial charge in [0.15, 0.2) is 0 Å². The highest BCUT2D eigenvalue weighted by Crippen LogP contribution is 2.22. The number of rotatable bonds is 3. The van der Waals surface area contributed by atoms with E-state index in [1.165, 1.54) is 0 Å². The number of fused-ring (bicyclic) bond motifs is 1. The molecule has 0 atom stereocenters. The molecule has 0 aliphatic rings. The predicted molar refractivity (Wildman–Crippen MR) is 91.6 cm³/mol. The average molecular weight is 301 g/mol. The minimum absolute atomic E-state index is 0.0743. The van der Waals surface area contributed by atoms with Crippen LogP contribution in [0.4, 0.5) is 5.69 Å². The summed E-state index contributed by atoms with van der Waals surface area (Å²) >= 11 is 0. The highest BCUT2D eigenvalue weighted by atomic mass is 16.1. The van der Waals surface area contributed by atoms with Gasteiger partial charge >= 0.3 is 0 Å². The second-order valence-electron chi connectivity index (χ2n) is 5.20. The van der Waals surface area contributed by atoms with Crippen LogP contribution in [-0.2, 0) is 11.8 Å². The van der Waals surface area contributed by atoms with Crippen LogP contribution >= 0.6 is 0 Å². The molecule has 0 spiro atoms. The molecule has 0 aliphatic heterocycles. The molecule has 1 amide bonds. The fraction of sp³-hybridized carbons (Fsp3) is 0.0526. The van der Waals surface area contributed by atoms with Crippen LogP contribution in [0.1, 0.15) is 5.56 Å². The molecule has 0 unspecified atom stereocenters.